The van der Waals surface area contributed by atoms with Gasteiger partial charge in [0.15, 0.2) is 0 Å². The van der Waals surface area contributed by atoms with Gasteiger partial charge in [-0.15, -0.1) is 11.8 Å². The minimum atomic E-state index is -0.384. The van der Waals surface area contributed by atoms with E-state index in [-0.39, 0.29) is 11.6 Å². The molecule has 3 nitrogen and oxygen atoms in total. The second-order valence-electron chi connectivity index (χ2n) is 3.81. The lowest BCUT2D eigenvalue weighted by Gasteiger charge is -2.19. The summed E-state index contributed by atoms with van der Waals surface area (Å²) in [6, 6.07) is 0. The van der Waals surface area contributed by atoms with Gasteiger partial charge in [0.05, 0.1) is 5.75 Å². The third-order valence-electron chi connectivity index (χ3n) is 1.16. The van der Waals surface area contributed by atoms with E-state index in [1.807, 2.05) is 32.9 Å². The second kappa shape index (κ2) is 6.90. The van der Waals surface area contributed by atoms with E-state index >= 15 is 0 Å². The predicted molar refractivity (Wildman–Crippen MR) is 61.4 cm³/mol. The molecule has 0 heterocycles. The van der Waals surface area contributed by atoms with E-state index in [1.165, 1.54) is 11.8 Å². The second-order valence-corrected chi connectivity index (χ2v) is 4.84. The number of carbonyl (C=O) groups is 1. The third-order valence-corrected chi connectivity index (χ3v) is 2.02. The van der Waals surface area contributed by atoms with Gasteiger partial charge in [0.1, 0.15) is 5.60 Å². The van der Waals surface area contributed by atoms with Crippen LogP contribution in [0.1, 0.15) is 20.8 Å². The van der Waals surface area contributed by atoms with Crippen molar-refractivity contribution in [1.82, 2.24) is 0 Å². The van der Waals surface area contributed by atoms with E-state index < -0.39 is 0 Å². The molecular weight excluding hydrogens is 198 g/mol. The van der Waals surface area contributed by atoms with E-state index in [0.29, 0.717) is 12.3 Å². The van der Waals surface area contributed by atoms with Crippen LogP contribution in [0.2, 0.25) is 0 Å². The van der Waals surface area contributed by atoms with Crippen LogP contribution in [0.4, 0.5) is 0 Å². The topological polar surface area (TPSA) is 52.3 Å². The molecule has 0 aliphatic rings. The number of hydrogen-bond acceptors (Lipinski definition) is 4. The largest absolute Gasteiger partial charge is 0.459 e. The van der Waals surface area contributed by atoms with Gasteiger partial charge in [0, 0.05) is 12.3 Å². The van der Waals surface area contributed by atoms with Gasteiger partial charge >= 0.3 is 5.97 Å². The molecule has 0 fully saturated rings. The van der Waals surface area contributed by atoms with Gasteiger partial charge < -0.3 is 10.5 Å². The molecule has 0 bridgehead atoms. The van der Waals surface area contributed by atoms with E-state index in [2.05, 4.69) is 0 Å². The molecule has 0 saturated carbocycles. The lowest BCUT2D eigenvalue weighted by atomic mass is 10.2. The van der Waals surface area contributed by atoms with E-state index in [9.17, 15) is 4.79 Å². The molecule has 14 heavy (non-hydrogen) atoms. The van der Waals surface area contributed by atoms with Crippen LogP contribution in [0.5, 0.6) is 0 Å². The molecule has 82 valence electrons. The van der Waals surface area contributed by atoms with Crippen LogP contribution in [0.25, 0.3) is 0 Å². The first-order valence-electron chi connectivity index (χ1n) is 4.60. The number of rotatable bonds is 5. The summed E-state index contributed by atoms with van der Waals surface area (Å²) in [6.07, 6.45) is 3.83. The molecule has 0 rings (SSSR count). The summed E-state index contributed by atoms with van der Waals surface area (Å²) in [5.41, 5.74) is 4.88. The molecule has 0 aromatic carbocycles. The van der Waals surface area contributed by atoms with Gasteiger partial charge in [0.25, 0.3) is 0 Å². The highest BCUT2D eigenvalue weighted by atomic mass is 32.2. The van der Waals surface area contributed by atoms with Crippen LogP contribution in [0, 0.1) is 0 Å². The van der Waals surface area contributed by atoms with Gasteiger partial charge in [-0.3, -0.25) is 4.79 Å². The predicted octanol–water partition coefficient (Wildman–Crippen LogP) is 1.58. The average Bonchev–Trinajstić information content (AvgIpc) is 2.00. The molecule has 0 saturated heterocycles. The van der Waals surface area contributed by atoms with Gasteiger partial charge in [-0.1, -0.05) is 12.2 Å². The lowest BCUT2D eigenvalue weighted by molar-refractivity contribution is -0.151. The molecule has 0 spiro atoms. The van der Waals surface area contributed by atoms with Crippen molar-refractivity contribution in [3.05, 3.63) is 12.2 Å². The molecule has 0 atom stereocenters. The van der Waals surface area contributed by atoms with Crippen LogP contribution in [-0.4, -0.2) is 29.6 Å². The Hall–Kier alpha value is -0.480. The smallest absolute Gasteiger partial charge is 0.316 e. The lowest BCUT2D eigenvalue weighted by Crippen LogP contribution is -2.24. The monoisotopic (exact) mass is 217 g/mol. The van der Waals surface area contributed by atoms with Crippen molar-refractivity contribution in [2.75, 3.05) is 18.1 Å². The summed E-state index contributed by atoms with van der Waals surface area (Å²) < 4.78 is 5.14. The highest BCUT2D eigenvalue weighted by molar-refractivity contribution is 8.00. The first-order valence-corrected chi connectivity index (χ1v) is 5.76. The number of ether oxygens (including phenoxy) is 1. The summed E-state index contributed by atoms with van der Waals surface area (Å²) in [4.78, 5) is 11.2. The average molecular weight is 217 g/mol. The Morgan fingerprint density at radius 1 is 1.43 bits per heavy atom. The maximum Gasteiger partial charge on any atom is 0.316 e. The van der Waals surface area contributed by atoms with Gasteiger partial charge in [-0.2, -0.15) is 0 Å². The maximum atomic E-state index is 11.2. The zero-order valence-corrected chi connectivity index (χ0v) is 9.89. The van der Waals surface area contributed by atoms with Crippen molar-refractivity contribution in [1.29, 1.82) is 0 Å². The fourth-order valence-corrected chi connectivity index (χ4v) is 1.36. The molecule has 0 aromatic heterocycles. The molecule has 4 heteroatoms. The molecular formula is C10H19NO2S. The van der Waals surface area contributed by atoms with E-state index in [0.717, 1.165) is 5.75 Å². The summed E-state index contributed by atoms with van der Waals surface area (Å²) in [5.74, 6) is 1.03. The zero-order valence-electron chi connectivity index (χ0n) is 9.08. The maximum absolute atomic E-state index is 11.2. The normalized spacial score (nSPS) is 12.0. The van der Waals surface area contributed by atoms with Crippen molar-refractivity contribution in [3.63, 3.8) is 0 Å². The third kappa shape index (κ3) is 9.61. The van der Waals surface area contributed by atoms with Crippen molar-refractivity contribution >= 4 is 17.7 Å². The molecule has 0 amide bonds. The molecule has 0 unspecified atom stereocenters. The Balaban J connectivity index is 3.50. The Bertz CT molecular complexity index is 197. The first-order chi connectivity index (χ1) is 6.45. The quantitative estimate of drug-likeness (QED) is 0.431. The molecule has 2 N–H and O–H groups in total. The van der Waals surface area contributed by atoms with E-state index in [4.69, 9.17) is 10.5 Å². The van der Waals surface area contributed by atoms with E-state index in [1.54, 1.807) is 0 Å². The van der Waals surface area contributed by atoms with Crippen molar-refractivity contribution in [3.8, 4) is 0 Å². The number of carbonyl (C=O) groups excluding carboxylic acids is 1. The Kier molecular flexibility index (Phi) is 6.66. The number of thioether (sulfide) groups is 1. The standard InChI is InChI=1S/C10H19NO2S/c1-10(2,3)13-9(12)8-14-7-5-4-6-11/h4-5H,6-8,11H2,1-3H3/b5-4+. The number of esters is 1. The van der Waals surface area contributed by atoms with Gasteiger partial charge in [0.2, 0.25) is 0 Å². The van der Waals surface area contributed by atoms with Crippen LogP contribution in [0.15, 0.2) is 12.2 Å². The highest BCUT2D eigenvalue weighted by Crippen LogP contribution is 2.09. The fraction of sp³-hybridized carbons (Fsp3) is 0.700. The Labute approximate surface area is 90.1 Å². The van der Waals surface area contributed by atoms with Gasteiger partial charge in [-0.25, -0.2) is 0 Å². The first kappa shape index (κ1) is 13.5. The van der Waals surface area contributed by atoms with Crippen molar-refractivity contribution < 1.29 is 9.53 Å². The van der Waals surface area contributed by atoms with Crippen LogP contribution >= 0.6 is 11.8 Å². The summed E-state index contributed by atoms with van der Waals surface area (Å²) in [6.45, 7) is 6.14. The number of hydrogen-bond donors (Lipinski definition) is 1. The SMILES string of the molecule is CC(C)(C)OC(=O)CSC/C=C/CN. The van der Waals surface area contributed by atoms with Crippen LogP contribution < -0.4 is 5.73 Å². The van der Waals surface area contributed by atoms with Gasteiger partial charge in [-0.05, 0) is 20.8 Å². The summed E-state index contributed by atoms with van der Waals surface area (Å²) in [5, 5.41) is 0. The molecule has 0 aliphatic carbocycles. The Morgan fingerprint density at radius 3 is 2.57 bits per heavy atom. The molecule has 0 aromatic rings. The number of nitrogens with two attached hydrogens (primary N) is 1. The zero-order chi connectivity index (χ0) is 11.0. The van der Waals surface area contributed by atoms with Crippen LogP contribution in [0.3, 0.4) is 0 Å². The summed E-state index contributed by atoms with van der Waals surface area (Å²) in [7, 11) is 0. The fourth-order valence-electron chi connectivity index (χ4n) is 0.746. The van der Waals surface area contributed by atoms with Crippen LogP contribution in [-0.2, 0) is 9.53 Å². The molecule has 0 aliphatic heterocycles. The minimum absolute atomic E-state index is 0.163. The minimum Gasteiger partial charge on any atom is -0.459 e. The van der Waals surface area contributed by atoms with Crippen molar-refractivity contribution in [2.24, 2.45) is 5.73 Å². The summed E-state index contributed by atoms with van der Waals surface area (Å²) >= 11 is 1.53. The Morgan fingerprint density at radius 2 is 2.07 bits per heavy atom. The van der Waals surface area contributed by atoms with Crippen molar-refractivity contribution in [2.45, 2.75) is 26.4 Å². The molecule has 0 radical (unpaired) electrons. The highest BCUT2D eigenvalue weighted by Gasteiger charge is 2.15.